The van der Waals surface area contributed by atoms with E-state index in [2.05, 4.69) is 0 Å². The Hall–Kier alpha value is -2.47. The van der Waals surface area contributed by atoms with E-state index in [0.29, 0.717) is 0 Å². The second-order valence-electron chi connectivity index (χ2n) is 7.40. The van der Waals surface area contributed by atoms with Crippen LogP contribution < -0.4 is 0 Å². The van der Waals surface area contributed by atoms with Gasteiger partial charge in [0, 0.05) is 0 Å². The Balaban J connectivity index is 1.66. The minimum atomic E-state index is -1.29. The van der Waals surface area contributed by atoms with Crippen molar-refractivity contribution in [3.05, 3.63) is 71.8 Å². The zero-order valence-corrected chi connectivity index (χ0v) is 16.0. The van der Waals surface area contributed by atoms with E-state index in [1.54, 1.807) is 13.8 Å². The minimum absolute atomic E-state index is 0.142. The van der Waals surface area contributed by atoms with E-state index < -0.39 is 33.7 Å². The lowest BCUT2D eigenvalue weighted by Gasteiger charge is -2.37. The van der Waals surface area contributed by atoms with Crippen molar-refractivity contribution in [2.24, 2.45) is 0 Å². The van der Waals surface area contributed by atoms with Crippen molar-refractivity contribution in [3.8, 4) is 0 Å². The normalized spacial score (nSPS) is 25.8. The van der Waals surface area contributed by atoms with Crippen LogP contribution in [-0.2, 0) is 25.1 Å². The van der Waals surface area contributed by atoms with Gasteiger partial charge in [-0.2, -0.15) is 0 Å². The van der Waals surface area contributed by atoms with E-state index in [4.69, 9.17) is 4.74 Å². The van der Waals surface area contributed by atoms with Crippen molar-refractivity contribution in [2.45, 2.75) is 42.5 Å². The van der Waals surface area contributed by atoms with Crippen LogP contribution in [0.2, 0.25) is 0 Å². The van der Waals surface area contributed by atoms with Crippen LogP contribution >= 0.6 is 0 Å². The van der Waals surface area contributed by atoms with Gasteiger partial charge in [0.1, 0.15) is 11.4 Å². The SMILES string of the molecule is CC1(C)[C@@H](C(=O)OC(c2ccccc2)c2ccccc2)N2C(=O)C[C@@H]2S1=O. The third kappa shape index (κ3) is 2.88. The van der Waals surface area contributed by atoms with Gasteiger partial charge in [0.05, 0.1) is 22.0 Å². The summed E-state index contributed by atoms with van der Waals surface area (Å²) in [5, 5.41) is -0.378. The molecule has 1 amide bonds. The fourth-order valence-corrected chi connectivity index (χ4v) is 5.72. The van der Waals surface area contributed by atoms with E-state index in [0.717, 1.165) is 11.1 Å². The van der Waals surface area contributed by atoms with Gasteiger partial charge in [0.15, 0.2) is 6.10 Å². The molecule has 0 aromatic heterocycles. The van der Waals surface area contributed by atoms with Gasteiger partial charge in [0.25, 0.3) is 0 Å². The second-order valence-corrected chi connectivity index (χ2v) is 9.59. The molecule has 3 atom stereocenters. The summed E-state index contributed by atoms with van der Waals surface area (Å²) in [4.78, 5) is 26.7. The first-order chi connectivity index (χ1) is 12.9. The number of fused-ring (bicyclic) bond motifs is 1. The van der Waals surface area contributed by atoms with Crippen LogP contribution in [0.1, 0.15) is 37.5 Å². The Labute approximate surface area is 160 Å². The molecule has 5 nitrogen and oxygen atoms in total. The van der Waals surface area contributed by atoms with Gasteiger partial charge in [-0.25, -0.2) is 4.79 Å². The van der Waals surface area contributed by atoms with E-state index >= 15 is 0 Å². The largest absolute Gasteiger partial charge is 0.451 e. The maximum Gasteiger partial charge on any atom is 0.331 e. The van der Waals surface area contributed by atoms with Crippen LogP contribution in [0.5, 0.6) is 0 Å². The molecule has 140 valence electrons. The van der Waals surface area contributed by atoms with Crippen molar-refractivity contribution in [1.29, 1.82) is 0 Å². The number of hydrogen-bond donors (Lipinski definition) is 0. The molecule has 0 saturated carbocycles. The molecule has 1 unspecified atom stereocenters. The Bertz CT molecular complexity index is 857. The quantitative estimate of drug-likeness (QED) is 0.602. The first-order valence-corrected chi connectivity index (χ1v) is 10.1. The molecule has 6 heteroatoms. The summed E-state index contributed by atoms with van der Waals surface area (Å²) in [5.74, 6) is -0.654. The highest BCUT2D eigenvalue weighted by atomic mass is 32.2. The average molecular weight is 383 g/mol. The van der Waals surface area contributed by atoms with Crippen LogP contribution in [0.25, 0.3) is 0 Å². The van der Waals surface area contributed by atoms with Crippen LogP contribution in [0.4, 0.5) is 0 Å². The molecule has 0 aliphatic carbocycles. The van der Waals surface area contributed by atoms with E-state index in [1.165, 1.54) is 4.90 Å². The monoisotopic (exact) mass is 383 g/mol. The molecule has 0 bridgehead atoms. The molecular weight excluding hydrogens is 362 g/mol. The molecule has 2 aromatic rings. The Kier molecular flexibility index (Phi) is 4.38. The summed E-state index contributed by atoms with van der Waals surface area (Å²) in [6.45, 7) is 3.53. The molecule has 0 radical (unpaired) electrons. The lowest BCUT2D eigenvalue weighted by Crippen LogP contribution is -2.57. The van der Waals surface area contributed by atoms with Crippen LogP contribution in [0.15, 0.2) is 60.7 Å². The summed E-state index contributed by atoms with van der Waals surface area (Å²) >= 11 is 0. The molecule has 0 N–H and O–H groups in total. The van der Waals surface area contributed by atoms with Gasteiger partial charge in [0.2, 0.25) is 5.91 Å². The average Bonchev–Trinajstić information content (AvgIpc) is 2.84. The van der Waals surface area contributed by atoms with E-state index in [9.17, 15) is 13.8 Å². The van der Waals surface area contributed by atoms with Crippen LogP contribution in [0, 0.1) is 0 Å². The summed E-state index contributed by atoms with van der Waals surface area (Å²) < 4.78 is 17.8. The van der Waals surface area contributed by atoms with Crippen molar-refractivity contribution < 1.29 is 18.5 Å². The number of esters is 1. The molecule has 2 heterocycles. The predicted octanol–water partition coefficient (Wildman–Crippen LogP) is 2.79. The Morgan fingerprint density at radius 1 is 1.07 bits per heavy atom. The molecule has 2 aliphatic rings. The van der Waals surface area contributed by atoms with Gasteiger partial charge in [-0.1, -0.05) is 60.7 Å². The van der Waals surface area contributed by atoms with Gasteiger partial charge in [-0.3, -0.25) is 9.00 Å². The summed E-state index contributed by atoms with van der Waals surface area (Å²) in [5.41, 5.74) is 1.70. The van der Waals surface area contributed by atoms with Gasteiger partial charge in [-0.05, 0) is 25.0 Å². The molecule has 4 rings (SSSR count). The Morgan fingerprint density at radius 3 is 2.07 bits per heavy atom. The number of nitrogens with zero attached hydrogens (tertiary/aromatic N) is 1. The molecule has 2 saturated heterocycles. The maximum atomic E-state index is 13.1. The first-order valence-electron chi connectivity index (χ1n) is 8.93. The fourth-order valence-electron chi connectivity index (χ4n) is 3.85. The smallest absolute Gasteiger partial charge is 0.331 e. The molecular formula is C21H21NO4S. The molecule has 2 aliphatic heterocycles. The molecule has 2 aromatic carbocycles. The topological polar surface area (TPSA) is 63.7 Å². The third-order valence-corrected chi connectivity index (χ3v) is 7.46. The number of benzene rings is 2. The van der Waals surface area contributed by atoms with Crippen LogP contribution in [0.3, 0.4) is 0 Å². The highest BCUT2D eigenvalue weighted by Gasteiger charge is 2.63. The van der Waals surface area contributed by atoms with Crippen molar-refractivity contribution in [3.63, 3.8) is 0 Å². The number of hydrogen-bond acceptors (Lipinski definition) is 4. The van der Waals surface area contributed by atoms with Gasteiger partial charge >= 0.3 is 5.97 Å². The highest BCUT2D eigenvalue weighted by Crippen LogP contribution is 2.44. The highest BCUT2D eigenvalue weighted by molar-refractivity contribution is 7.87. The lowest BCUT2D eigenvalue weighted by atomic mass is 9.97. The van der Waals surface area contributed by atoms with Gasteiger partial charge < -0.3 is 9.64 Å². The lowest BCUT2D eigenvalue weighted by molar-refractivity contribution is -0.164. The second kappa shape index (κ2) is 6.60. The molecule has 2 fully saturated rings. The number of carbonyl (C=O) groups excluding carboxylic acids is 2. The fraction of sp³-hybridized carbons (Fsp3) is 0.333. The number of amides is 1. The summed E-state index contributed by atoms with van der Waals surface area (Å²) in [6, 6.07) is 18.2. The van der Waals surface area contributed by atoms with Crippen molar-refractivity contribution in [2.75, 3.05) is 0 Å². The van der Waals surface area contributed by atoms with Gasteiger partial charge in [-0.15, -0.1) is 0 Å². The Morgan fingerprint density at radius 2 is 1.59 bits per heavy atom. The molecule has 27 heavy (non-hydrogen) atoms. The summed E-state index contributed by atoms with van der Waals surface area (Å²) in [6.07, 6.45) is -0.347. The standard InChI is InChI=1S/C21H21NO4S/c1-21(2)19(22-16(23)13-17(22)27(21)25)20(24)26-18(14-9-5-3-6-10-14)15-11-7-4-8-12-15/h3-12,17-19H,13H2,1-2H3/t17-,19+,27?/m0/s1. The zero-order valence-electron chi connectivity index (χ0n) is 15.2. The maximum absolute atomic E-state index is 13.1. The van der Waals surface area contributed by atoms with Crippen LogP contribution in [-0.4, -0.2) is 37.1 Å². The number of β-lactam (4-membered cyclic amide) rings is 1. The van der Waals surface area contributed by atoms with E-state index in [1.807, 2.05) is 60.7 Å². The zero-order chi connectivity index (χ0) is 19.2. The predicted molar refractivity (Wildman–Crippen MR) is 102 cm³/mol. The number of carbonyl (C=O) groups is 2. The number of ether oxygens (including phenoxy) is 1. The molecule has 0 spiro atoms. The minimum Gasteiger partial charge on any atom is -0.451 e. The number of rotatable bonds is 4. The van der Waals surface area contributed by atoms with Crippen molar-refractivity contribution >= 4 is 22.7 Å². The summed E-state index contributed by atoms with van der Waals surface area (Å²) in [7, 11) is -1.29. The van der Waals surface area contributed by atoms with Crippen molar-refractivity contribution in [1.82, 2.24) is 4.90 Å². The third-order valence-electron chi connectivity index (χ3n) is 5.31. The first kappa shape index (κ1) is 17.9. The van der Waals surface area contributed by atoms with E-state index in [-0.39, 0.29) is 17.7 Å².